The van der Waals surface area contributed by atoms with Gasteiger partial charge in [-0.25, -0.2) is 0 Å². The van der Waals surface area contributed by atoms with E-state index < -0.39 is 11.5 Å². The molecule has 0 aliphatic rings. The van der Waals surface area contributed by atoms with Crippen molar-refractivity contribution in [2.24, 2.45) is 5.41 Å². The van der Waals surface area contributed by atoms with Gasteiger partial charge < -0.3 is 15.5 Å². The second-order valence-electron chi connectivity index (χ2n) is 6.56. The molecule has 0 heterocycles. The first-order chi connectivity index (χ1) is 10.0. The minimum atomic E-state index is -0.621. The average Bonchev–Trinajstić information content (AvgIpc) is 2.39. The van der Waals surface area contributed by atoms with E-state index in [9.17, 15) is 14.4 Å². The molecule has 0 aromatic rings. The van der Waals surface area contributed by atoms with E-state index in [-0.39, 0.29) is 24.1 Å². The van der Waals surface area contributed by atoms with Gasteiger partial charge in [-0.05, 0) is 31.9 Å². The van der Waals surface area contributed by atoms with Crippen LogP contribution in [0.3, 0.4) is 0 Å². The van der Waals surface area contributed by atoms with Crippen LogP contribution in [-0.4, -0.2) is 55.7 Å². The van der Waals surface area contributed by atoms with Gasteiger partial charge in [-0.15, -0.1) is 0 Å². The summed E-state index contributed by atoms with van der Waals surface area (Å²) in [5.74, 6) is -0.417. The lowest BCUT2D eigenvalue weighted by molar-refractivity contribution is -0.137. The Balaban J connectivity index is 5.00. The monoisotopic (exact) mass is 311 g/mol. The third-order valence-electron chi connectivity index (χ3n) is 3.36. The van der Waals surface area contributed by atoms with E-state index in [1.807, 2.05) is 20.8 Å². The van der Waals surface area contributed by atoms with E-state index in [4.69, 9.17) is 0 Å². The van der Waals surface area contributed by atoms with Gasteiger partial charge >= 0.3 is 0 Å². The molecule has 2 N–H and O–H groups in total. The second-order valence-corrected chi connectivity index (χ2v) is 6.56. The summed E-state index contributed by atoms with van der Waals surface area (Å²) in [6.45, 7) is 9.41. The van der Waals surface area contributed by atoms with Crippen molar-refractivity contribution in [3.63, 3.8) is 0 Å². The summed E-state index contributed by atoms with van der Waals surface area (Å²) in [7, 11) is 3.34. The van der Waals surface area contributed by atoms with Crippen molar-refractivity contribution in [3.05, 3.63) is 11.6 Å². The van der Waals surface area contributed by atoms with Gasteiger partial charge in [0.2, 0.25) is 11.8 Å². The number of ketones is 1. The predicted octanol–water partition coefficient (Wildman–Crippen LogP) is 0.730. The first-order valence-corrected chi connectivity index (χ1v) is 7.37. The maximum atomic E-state index is 12.6. The topological polar surface area (TPSA) is 78.5 Å². The molecule has 0 spiro atoms. The highest BCUT2D eigenvalue weighted by Gasteiger charge is 2.34. The van der Waals surface area contributed by atoms with Crippen LogP contribution in [0, 0.1) is 5.41 Å². The molecule has 22 heavy (non-hydrogen) atoms. The number of Topliss-reactive ketones (excluding diaryl/α,β-unsaturated/α-hetero) is 1. The van der Waals surface area contributed by atoms with E-state index in [0.717, 1.165) is 0 Å². The van der Waals surface area contributed by atoms with E-state index in [0.29, 0.717) is 12.1 Å². The van der Waals surface area contributed by atoms with Crippen molar-refractivity contribution >= 4 is 17.6 Å². The third kappa shape index (κ3) is 6.85. The van der Waals surface area contributed by atoms with Gasteiger partial charge in [0.15, 0.2) is 5.78 Å². The van der Waals surface area contributed by atoms with Crippen molar-refractivity contribution in [1.82, 2.24) is 15.5 Å². The van der Waals surface area contributed by atoms with Gasteiger partial charge in [0.25, 0.3) is 0 Å². The number of amides is 2. The van der Waals surface area contributed by atoms with Gasteiger partial charge in [0.05, 0.1) is 6.54 Å². The number of rotatable bonds is 7. The fourth-order valence-electron chi connectivity index (χ4n) is 1.75. The lowest BCUT2D eigenvalue weighted by Gasteiger charge is -2.33. The zero-order chi connectivity index (χ0) is 17.5. The van der Waals surface area contributed by atoms with Gasteiger partial charge in [0.1, 0.15) is 6.04 Å². The standard InChI is InChI=1S/C16H29N3O3/c1-11(12(2)20)8-9-19(7)15(22)14(16(3,4)5)18-13(21)10-17-6/h8,14,17H,9-10H2,1-7H3,(H,18,21)/b11-8+. The van der Waals surface area contributed by atoms with Crippen LogP contribution in [0.15, 0.2) is 11.6 Å². The molecule has 0 aromatic carbocycles. The van der Waals surface area contributed by atoms with Crippen LogP contribution in [0.4, 0.5) is 0 Å². The highest BCUT2D eigenvalue weighted by molar-refractivity contribution is 5.93. The van der Waals surface area contributed by atoms with Crippen molar-refractivity contribution < 1.29 is 14.4 Å². The largest absolute Gasteiger partial charge is 0.343 e. The smallest absolute Gasteiger partial charge is 0.245 e. The number of likely N-dealkylation sites (N-methyl/N-ethyl adjacent to an activating group) is 2. The Morgan fingerprint density at radius 3 is 2.14 bits per heavy atom. The zero-order valence-corrected chi connectivity index (χ0v) is 14.7. The lowest BCUT2D eigenvalue weighted by atomic mass is 9.85. The second kappa shape index (κ2) is 8.68. The summed E-state index contributed by atoms with van der Waals surface area (Å²) in [5.41, 5.74) is 0.208. The quantitative estimate of drug-likeness (QED) is 0.680. The number of carbonyl (C=O) groups excluding carboxylic acids is 3. The molecule has 0 saturated carbocycles. The Kier molecular flexibility index (Phi) is 8.01. The molecule has 1 unspecified atom stereocenters. The van der Waals surface area contributed by atoms with Crippen LogP contribution in [0.2, 0.25) is 0 Å². The van der Waals surface area contributed by atoms with Gasteiger partial charge in [-0.2, -0.15) is 0 Å². The normalized spacial score (nSPS) is 13.5. The van der Waals surface area contributed by atoms with Crippen molar-refractivity contribution in [3.8, 4) is 0 Å². The first-order valence-electron chi connectivity index (χ1n) is 7.37. The number of carbonyl (C=O) groups is 3. The van der Waals surface area contributed by atoms with Gasteiger partial charge in [0, 0.05) is 13.6 Å². The highest BCUT2D eigenvalue weighted by Crippen LogP contribution is 2.21. The van der Waals surface area contributed by atoms with Crippen LogP contribution in [0.1, 0.15) is 34.6 Å². The molecule has 0 saturated heterocycles. The van der Waals surface area contributed by atoms with Crippen LogP contribution in [0.5, 0.6) is 0 Å². The van der Waals surface area contributed by atoms with Crippen molar-refractivity contribution in [2.45, 2.75) is 40.7 Å². The summed E-state index contributed by atoms with van der Waals surface area (Å²) in [5, 5.41) is 5.53. The molecule has 6 heteroatoms. The SMILES string of the molecule is CNCC(=O)NC(C(=O)N(C)C/C=C(\C)C(C)=O)C(C)(C)C. The molecule has 0 aromatic heterocycles. The third-order valence-corrected chi connectivity index (χ3v) is 3.36. The highest BCUT2D eigenvalue weighted by atomic mass is 16.2. The Labute approximate surface area is 133 Å². The number of hydrogen-bond acceptors (Lipinski definition) is 4. The summed E-state index contributed by atoms with van der Waals surface area (Å²) in [4.78, 5) is 37.1. The number of nitrogens with one attached hydrogen (secondary N) is 2. The Hall–Kier alpha value is -1.69. The number of nitrogens with zero attached hydrogens (tertiary/aromatic N) is 1. The van der Waals surface area contributed by atoms with Crippen molar-refractivity contribution in [2.75, 3.05) is 27.2 Å². The molecule has 6 nitrogen and oxygen atoms in total. The van der Waals surface area contributed by atoms with Crippen LogP contribution < -0.4 is 10.6 Å². The minimum absolute atomic E-state index is 0.0180. The molecular weight excluding hydrogens is 282 g/mol. The molecule has 0 bridgehead atoms. The first kappa shape index (κ1) is 20.3. The van der Waals surface area contributed by atoms with E-state index in [1.165, 1.54) is 11.8 Å². The maximum absolute atomic E-state index is 12.6. The predicted molar refractivity (Wildman–Crippen MR) is 87.4 cm³/mol. The molecule has 1 atom stereocenters. The summed E-state index contributed by atoms with van der Waals surface area (Å²) < 4.78 is 0. The number of hydrogen-bond donors (Lipinski definition) is 2. The van der Waals surface area contributed by atoms with Gasteiger partial charge in [-0.1, -0.05) is 26.8 Å². The average molecular weight is 311 g/mol. The Morgan fingerprint density at radius 2 is 1.73 bits per heavy atom. The lowest BCUT2D eigenvalue weighted by Crippen LogP contribution is -2.55. The van der Waals surface area contributed by atoms with Gasteiger partial charge in [-0.3, -0.25) is 14.4 Å². The van der Waals surface area contributed by atoms with Crippen molar-refractivity contribution in [1.29, 1.82) is 0 Å². The van der Waals surface area contributed by atoms with E-state index in [2.05, 4.69) is 10.6 Å². The summed E-state index contributed by atoms with van der Waals surface area (Å²) in [6, 6.07) is -0.621. The van der Waals surface area contributed by atoms with Crippen LogP contribution in [-0.2, 0) is 14.4 Å². The molecule has 0 aliphatic heterocycles. The Morgan fingerprint density at radius 1 is 1.18 bits per heavy atom. The summed E-state index contributed by atoms with van der Waals surface area (Å²) in [6.07, 6.45) is 1.72. The van der Waals surface area contributed by atoms with E-state index in [1.54, 1.807) is 27.1 Å². The zero-order valence-electron chi connectivity index (χ0n) is 14.7. The van der Waals surface area contributed by atoms with Crippen LogP contribution >= 0.6 is 0 Å². The molecule has 2 amide bonds. The van der Waals surface area contributed by atoms with Crippen LogP contribution in [0.25, 0.3) is 0 Å². The van der Waals surface area contributed by atoms with E-state index >= 15 is 0 Å². The fraction of sp³-hybridized carbons (Fsp3) is 0.688. The Bertz CT molecular complexity index is 450. The molecular formula is C16H29N3O3. The molecule has 0 radical (unpaired) electrons. The maximum Gasteiger partial charge on any atom is 0.245 e. The minimum Gasteiger partial charge on any atom is -0.343 e. The number of allylic oxidation sites excluding steroid dienone is 1. The molecule has 0 rings (SSSR count). The molecule has 0 fully saturated rings. The fourth-order valence-corrected chi connectivity index (χ4v) is 1.75. The molecule has 126 valence electrons. The molecule has 0 aliphatic carbocycles. The summed E-state index contributed by atoms with van der Waals surface area (Å²) >= 11 is 0.